The number of carbonyl (C=O) groups excluding carboxylic acids is 1. The molecule has 1 amide bonds. The van der Waals surface area contributed by atoms with Gasteiger partial charge in [0.15, 0.2) is 0 Å². The number of H-pyrrole nitrogens is 1. The maximum Gasteiger partial charge on any atom is 0.410 e. The molecule has 1 aromatic heterocycles. The third kappa shape index (κ3) is 2.21. The van der Waals surface area contributed by atoms with Gasteiger partial charge in [-0.15, -0.1) is 0 Å². The van der Waals surface area contributed by atoms with Crippen molar-refractivity contribution in [3.05, 3.63) is 24.0 Å². The van der Waals surface area contributed by atoms with E-state index in [0.717, 1.165) is 18.7 Å². The fraction of sp³-hybridized carbons (Fsp3) is 0.583. The van der Waals surface area contributed by atoms with E-state index in [9.17, 15) is 4.79 Å². The SMILES string of the molecule is CC(C)(C)OC(=O)N1CCC1c1ccc[nH]1. The quantitative estimate of drug-likeness (QED) is 0.794. The molecule has 1 aliphatic heterocycles. The van der Waals surface area contributed by atoms with Crippen molar-refractivity contribution in [1.29, 1.82) is 0 Å². The number of hydrogen-bond donors (Lipinski definition) is 1. The summed E-state index contributed by atoms with van der Waals surface area (Å²) in [5.41, 5.74) is 0.657. The normalized spacial score (nSPS) is 20.4. The van der Waals surface area contributed by atoms with E-state index in [-0.39, 0.29) is 12.1 Å². The lowest BCUT2D eigenvalue weighted by atomic mass is 10.0. The summed E-state index contributed by atoms with van der Waals surface area (Å²) < 4.78 is 5.34. The number of nitrogens with zero attached hydrogens (tertiary/aromatic N) is 1. The molecule has 16 heavy (non-hydrogen) atoms. The molecule has 4 heteroatoms. The summed E-state index contributed by atoms with van der Waals surface area (Å²) in [4.78, 5) is 16.7. The Kier molecular flexibility index (Phi) is 2.66. The zero-order valence-electron chi connectivity index (χ0n) is 9.99. The van der Waals surface area contributed by atoms with E-state index in [1.807, 2.05) is 39.1 Å². The summed E-state index contributed by atoms with van der Waals surface area (Å²) in [6, 6.07) is 4.10. The number of carbonyl (C=O) groups is 1. The van der Waals surface area contributed by atoms with Crippen LogP contribution in [0.3, 0.4) is 0 Å². The van der Waals surface area contributed by atoms with Crippen LogP contribution in [0, 0.1) is 0 Å². The molecule has 2 heterocycles. The third-order valence-electron chi connectivity index (χ3n) is 2.63. The van der Waals surface area contributed by atoms with Gasteiger partial charge in [-0.1, -0.05) is 0 Å². The van der Waals surface area contributed by atoms with Gasteiger partial charge in [0.1, 0.15) is 5.60 Å². The van der Waals surface area contributed by atoms with Crippen LogP contribution in [0.1, 0.15) is 38.9 Å². The average molecular weight is 222 g/mol. The lowest BCUT2D eigenvalue weighted by Crippen LogP contribution is -2.47. The second kappa shape index (κ2) is 3.85. The molecule has 1 aromatic rings. The predicted octanol–water partition coefficient (Wildman–Crippen LogP) is 2.70. The Morgan fingerprint density at radius 2 is 2.31 bits per heavy atom. The van der Waals surface area contributed by atoms with Crippen LogP contribution >= 0.6 is 0 Å². The van der Waals surface area contributed by atoms with E-state index in [2.05, 4.69) is 4.98 Å². The highest BCUT2D eigenvalue weighted by Gasteiger charge is 2.36. The molecule has 1 saturated heterocycles. The molecule has 1 fully saturated rings. The first kappa shape index (κ1) is 11.0. The molecule has 88 valence electrons. The standard InChI is InChI=1S/C12H18N2O2/c1-12(2,3)16-11(15)14-8-6-10(14)9-5-4-7-13-9/h4-5,7,10,13H,6,8H2,1-3H3. The van der Waals surface area contributed by atoms with Crippen molar-refractivity contribution in [2.24, 2.45) is 0 Å². The Hall–Kier alpha value is -1.45. The number of aromatic amines is 1. The van der Waals surface area contributed by atoms with Crippen molar-refractivity contribution < 1.29 is 9.53 Å². The zero-order chi connectivity index (χ0) is 11.8. The summed E-state index contributed by atoms with van der Waals surface area (Å²) in [5.74, 6) is 0. The van der Waals surface area contributed by atoms with Crippen molar-refractivity contribution in [3.63, 3.8) is 0 Å². The highest BCUT2D eigenvalue weighted by molar-refractivity contribution is 5.69. The summed E-state index contributed by atoms with van der Waals surface area (Å²) in [5, 5.41) is 0. The summed E-state index contributed by atoms with van der Waals surface area (Å²) >= 11 is 0. The smallest absolute Gasteiger partial charge is 0.410 e. The number of aromatic nitrogens is 1. The van der Waals surface area contributed by atoms with Gasteiger partial charge in [-0.2, -0.15) is 0 Å². The molecule has 0 radical (unpaired) electrons. The molecule has 0 aliphatic carbocycles. The third-order valence-corrected chi connectivity index (χ3v) is 2.63. The van der Waals surface area contributed by atoms with E-state index < -0.39 is 5.60 Å². The lowest BCUT2D eigenvalue weighted by molar-refractivity contribution is -0.00643. The van der Waals surface area contributed by atoms with Gasteiger partial charge in [-0.25, -0.2) is 4.79 Å². The zero-order valence-corrected chi connectivity index (χ0v) is 9.99. The van der Waals surface area contributed by atoms with Crippen molar-refractivity contribution in [1.82, 2.24) is 9.88 Å². The Morgan fingerprint density at radius 3 is 2.75 bits per heavy atom. The molecule has 2 rings (SSSR count). The van der Waals surface area contributed by atoms with Gasteiger partial charge in [0.05, 0.1) is 6.04 Å². The van der Waals surface area contributed by atoms with Gasteiger partial charge >= 0.3 is 6.09 Å². The van der Waals surface area contributed by atoms with Gasteiger partial charge in [0, 0.05) is 18.4 Å². The molecular formula is C12H18N2O2. The average Bonchev–Trinajstić information content (AvgIpc) is 2.50. The first-order chi connectivity index (χ1) is 7.47. The Labute approximate surface area is 95.6 Å². The van der Waals surface area contributed by atoms with Gasteiger partial charge in [-0.3, -0.25) is 4.90 Å². The van der Waals surface area contributed by atoms with Gasteiger partial charge in [0.2, 0.25) is 0 Å². The van der Waals surface area contributed by atoms with E-state index >= 15 is 0 Å². The van der Waals surface area contributed by atoms with Gasteiger partial charge in [-0.05, 0) is 39.3 Å². The minimum atomic E-state index is -0.424. The minimum absolute atomic E-state index is 0.157. The van der Waals surface area contributed by atoms with Crippen LogP contribution in [-0.2, 0) is 4.74 Å². The molecule has 0 bridgehead atoms. The lowest BCUT2D eigenvalue weighted by Gasteiger charge is -2.40. The molecule has 0 spiro atoms. The largest absolute Gasteiger partial charge is 0.444 e. The monoisotopic (exact) mass is 222 g/mol. The summed E-state index contributed by atoms with van der Waals surface area (Å²) in [7, 11) is 0. The number of hydrogen-bond acceptors (Lipinski definition) is 2. The number of ether oxygens (including phenoxy) is 1. The van der Waals surface area contributed by atoms with Crippen LogP contribution in [0.15, 0.2) is 18.3 Å². The van der Waals surface area contributed by atoms with Crippen LogP contribution < -0.4 is 0 Å². The van der Waals surface area contributed by atoms with Gasteiger partial charge < -0.3 is 9.72 Å². The highest BCUT2D eigenvalue weighted by Crippen LogP contribution is 2.33. The Balaban J connectivity index is 1.99. The molecule has 1 aliphatic rings. The topological polar surface area (TPSA) is 45.3 Å². The molecule has 0 saturated carbocycles. The maximum absolute atomic E-state index is 11.8. The molecule has 1 unspecified atom stereocenters. The van der Waals surface area contributed by atoms with E-state index in [0.29, 0.717) is 0 Å². The summed E-state index contributed by atoms with van der Waals surface area (Å²) in [6.07, 6.45) is 2.65. The van der Waals surface area contributed by atoms with E-state index in [1.54, 1.807) is 4.90 Å². The minimum Gasteiger partial charge on any atom is -0.444 e. The van der Waals surface area contributed by atoms with Crippen LogP contribution in [0.2, 0.25) is 0 Å². The molecular weight excluding hydrogens is 204 g/mol. The van der Waals surface area contributed by atoms with E-state index in [4.69, 9.17) is 4.74 Å². The molecule has 4 nitrogen and oxygen atoms in total. The number of rotatable bonds is 1. The van der Waals surface area contributed by atoms with E-state index in [1.165, 1.54) is 0 Å². The van der Waals surface area contributed by atoms with Crippen molar-refractivity contribution in [2.45, 2.75) is 38.8 Å². The first-order valence-electron chi connectivity index (χ1n) is 5.60. The Bertz CT molecular complexity index is 365. The fourth-order valence-electron chi connectivity index (χ4n) is 1.80. The number of amides is 1. The van der Waals surface area contributed by atoms with Crippen molar-refractivity contribution >= 4 is 6.09 Å². The van der Waals surface area contributed by atoms with Crippen LogP contribution in [-0.4, -0.2) is 28.1 Å². The van der Waals surface area contributed by atoms with Crippen molar-refractivity contribution in [2.75, 3.05) is 6.54 Å². The van der Waals surface area contributed by atoms with Gasteiger partial charge in [0.25, 0.3) is 0 Å². The van der Waals surface area contributed by atoms with Crippen molar-refractivity contribution in [3.8, 4) is 0 Å². The van der Waals surface area contributed by atoms with Crippen LogP contribution in [0.4, 0.5) is 4.79 Å². The second-order valence-corrected chi connectivity index (χ2v) is 5.10. The molecule has 1 atom stereocenters. The van der Waals surface area contributed by atoms with Crippen LogP contribution in [0.5, 0.6) is 0 Å². The number of nitrogens with one attached hydrogen (secondary N) is 1. The number of likely N-dealkylation sites (tertiary alicyclic amines) is 1. The highest BCUT2D eigenvalue weighted by atomic mass is 16.6. The fourth-order valence-corrected chi connectivity index (χ4v) is 1.80. The molecule has 0 aromatic carbocycles. The predicted molar refractivity (Wildman–Crippen MR) is 61.1 cm³/mol. The second-order valence-electron chi connectivity index (χ2n) is 5.10. The summed E-state index contributed by atoms with van der Waals surface area (Å²) in [6.45, 7) is 6.43. The molecule has 1 N–H and O–H groups in total. The first-order valence-corrected chi connectivity index (χ1v) is 5.60. The van der Waals surface area contributed by atoms with Crippen LogP contribution in [0.25, 0.3) is 0 Å². The Morgan fingerprint density at radius 1 is 1.56 bits per heavy atom. The maximum atomic E-state index is 11.8.